The molecule has 2 aromatic heterocycles. The molecule has 1 aromatic carbocycles. The summed E-state index contributed by atoms with van der Waals surface area (Å²) >= 11 is 0. The van der Waals surface area contributed by atoms with Crippen molar-refractivity contribution in [3.63, 3.8) is 0 Å². The lowest BCUT2D eigenvalue weighted by atomic mass is 10.2. The largest absolute Gasteiger partial charge is 0.379 e. The van der Waals surface area contributed by atoms with Crippen molar-refractivity contribution in [1.29, 1.82) is 0 Å². The summed E-state index contributed by atoms with van der Waals surface area (Å²) < 4.78 is 1.56. The molecule has 22 heavy (non-hydrogen) atoms. The van der Waals surface area contributed by atoms with Gasteiger partial charge in [0.25, 0.3) is 5.91 Å². The quantitative estimate of drug-likeness (QED) is 0.753. The number of primary amides is 1. The number of nitrogens with one attached hydrogen (secondary N) is 1. The van der Waals surface area contributed by atoms with E-state index in [1.54, 1.807) is 29.2 Å². The van der Waals surface area contributed by atoms with Crippen molar-refractivity contribution in [2.45, 2.75) is 6.54 Å². The summed E-state index contributed by atoms with van der Waals surface area (Å²) in [4.78, 5) is 15.6. The molecule has 0 spiro atoms. The van der Waals surface area contributed by atoms with Gasteiger partial charge >= 0.3 is 0 Å². The molecule has 1 amide bonds. The first-order chi connectivity index (χ1) is 10.7. The molecule has 3 N–H and O–H groups in total. The number of hydrogen-bond acceptors (Lipinski definition) is 4. The van der Waals surface area contributed by atoms with E-state index in [-0.39, 0.29) is 0 Å². The third-order valence-electron chi connectivity index (χ3n) is 3.16. The van der Waals surface area contributed by atoms with Crippen LogP contribution in [0.5, 0.6) is 0 Å². The number of para-hydroxylation sites is 1. The summed E-state index contributed by atoms with van der Waals surface area (Å²) in [5, 5.41) is 7.70. The van der Waals surface area contributed by atoms with E-state index < -0.39 is 5.91 Å². The number of aromatic nitrogens is 3. The predicted octanol–water partition coefficient (Wildman–Crippen LogP) is 1.98. The molecule has 0 fully saturated rings. The van der Waals surface area contributed by atoms with E-state index in [1.165, 1.54) is 0 Å². The molecule has 6 heteroatoms. The van der Waals surface area contributed by atoms with Gasteiger partial charge in [-0.3, -0.25) is 4.79 Å². The molecule has 2 heterocycles. The lowest BCUT2D eigenvalue weighted by Gasteiger charge is -2.05. The molecular formula is C16H15N5O. The average Bonchev–Trinajstić information content (AvgIpc) is 3.03. The van der Waals surface area contributed by atoms with E-state index in [0.29, 0.717) is 17.9 Å². The topological polar surface area (TPSA) is 85.8 Å². The van der Waals surface area contributed by atoms with Gasteiger partial charge in [-0.15, -0.1) is 0 Å². The molecule has 0 saturated heterocycles. The Kier molecular flexibility index (Phi) is 3.82. The molecule has 0 aliphatic heterocycles. The normalized spacial score (nSPS) is 10.4. The number of nitrogens with zero attached hydrogens (tertiary/aromatic N) is 3. The first kappa shape index (κ1) is 13.8. The number of amides is 1. The van der Waals surface area contributed by atoms with Crippen molar-refractivity contribution in [3.8, 4) is 5.82 Å². The van der Waals surface area contributed by atoms with Gasteiger partial charge in [-0.2, -0.15) is 5.10 Å². The van der Waals surface area contributed by atoms with Crippen LogP contribution in [0.4, 0.5) is 5.69 Å². The third kappa shape index (κ3) is 2.95. The highest BCUT2D eigenvalue weighted by atomic mass is 16.1. The maximum absolute atomic E-state index is 11.4. The van der Waals surface area contributed by atoms with Crippen LogP contribution in [-0.2, 0) is 6.54 Å². The van der Waals surface area contributed by atoms with E-state index in [0.717, 1.165) is 11.4 Å². The summed E-state index contributed by atoms with van der Waals surface area (Å²) in [6.07, 6.45) is 3.36. The van der Waals surface area contributed by atoms with Crippen molar-refractivity contribution < 1.29 is 4.79 Å². The van der Waals surface area contributed by atoms with Gasteiger partial charge in [0.15, 0.2) is 5.82 Å². The number of nitrogens with two attached hydrogens (primary N) is 1. The number of benzene rings is 1. The molecule has 0 radical (unpaired) electrons. The second-order valence-electron chi connectivity index (χ2n) is 4.71. The molecule has 3 aromatic rings. The standard InChI is InChI=1S/C16H15N5O/c17-15(22)14-7-4-9-18-16(14)21-10-8-13(20-21)11-19-12-5-2-1-3-6-12/h1-10,19H,11H2,(H2,17,22). The average molecular weight is 293 g/mol. The van der Waals surface area contributed by atoms with Crippen molar-refractivity contribution in [3.05, 3.63) is 72.2 Å². The minimum atomic E-state index is -0.525. The first-order valence-corrected chi connectivity index (χ1v) is 6.83. The minimum absolute atomic E-state index is 0.341. The third-order valence-corrected chi connectivity index (χ3v) is 3.16. The number of anilines is 1. The molecule has 0 atom stereocenters. The fourth-order valence-electron chi connectivity index (χ4n) is 2.09. The summed E-state index contributed by atoms with van der Waals surface area (Å²) in [5.41, 5.74) is 7.56. The highest BCUT2D eigenvalue weighted by Gasteiger charge is 2.11. The smallest absolute Gasteiger partial charge is 0.252 e. The molecular weight excluding hydrogens is 278 g/mol. The van der Waals surface area contributed by atoms with Crippen molar-refractivity contribution in [2.75, 3.05) is 5.32 Å². The Balaban J connectivity index is 1.78. The van der Waals surface area contributed by atoms with Gasteiger partial charge in [-0.1, -0.05) is 18.2 Å². The molecule has 3 rings (SSSR count). The molecule has 0 aliphatic rings. The van der Waals surface area contributed by atoms with Gasteiger partial charge in [-0.25, -0.2) is 9.67 Å². The van der Waals surface area contributed by atoms with E-state index in [2.05, 4.69) is 15.4 Å². The molecule has 0 aliphatic carbocycles. The molecule has 0 bridgehead atoms. The molecule has 0 unspecified atom stereocenters. The number of carbonyl (C=O) groups is 1. The number of hydrogen-bond donors (Lipinski definition) is 2. The number of rotatable bonds is 5. The van der Waals surface area contributed by atoms with Gasteiger partial charge in [0.2, 0.25) is 0 Å². The Morgan fingerprint density at radius 1 is 1.14 bits per heavy atom. The van der Waals surface area contributed by atoms with Gasteiger partial charge in [0.05, 0.1) is 17.8 Å². The van der Waals surface area contributed by atoms with E-state index >= 15 is 0 Å². The van der Waals surface area contributed by atoms with Crippen molar-refractivity contribution in [2.24, 2.45) is 5.73 Å². The second kappa shape index (κ2) is 6.09. The fourth-order valence-corrected chi connectivity index (χ4v) is 2.09. The molecule has 110 valence electrons. The summed E-state index contributed by atoms with van der Waals surface area (Å²) in [6, 6.07) is 15.0. The lowest BCUT2D eigenvalue weighted by molar-refractivity contribution is 0.1000. The number of pyridine rings is 1. The zero-order valence-electron chi connectivity index (χ0n) is 11.8. The van der Waals surface area contributed by atoms with Crippen LogP contribution in [0.25, 0.3) is 5.82 Å². The van der Waals surface area contributed by atoms with Crippen LogP contribution in [0.3, 0.4) is 0 Å². The van der Waals surface area contributed by atoms with Crippen LogP contribution in [0.2, 0.25) is 0 Å². The zero-order valence-corrected chi connectivity index (χ0v) is 11.8. The van der Waals surface area contributed by atoms with Gasteiger partial charge in [0, 0.05) is 18.1 Å². The Morgan fingerprint density at radius 3 is 2.73 bits per heavy atom. The van der Waals surface area contributed by atoms with Gasteiger partial charge in [0.1, 0.15) is 0 Å². The fraction of sp³-hybridized carbons (Fsp3) is 0.0625. The molecule has 0 saturated carbocycles. The van der Waals surface area contributed by atoms with Gasteiger partial charge in [-0.05, 0) is 30.3 Å². The second-order valence-corrected chi connectivity index (χ2v) is 4.71. The number of carbonyl (C=O) groups excluding carboxylic acids is 1. The highest BCUT2D eigenvalue weighted by Crippen LogP contribution is 2.12. The van der Waals surface area contributed by atoms with Crippen LogP contribution in [0.15, 0.2) is 60.9 Å². The predicted molar refractivity (Wildman–Crippen MR) is 83.6 cm³/mol. The lowest BCUT2D eigenvalue weighted by Crippen LogP contribution is -2.16. The maximum atomic E-state index is 11.4. The van der Waals surface area contributed by atoms with E-state index in [1.807, 2.05) is 36.4 Å². The first-order valence-electron chi connectivity index (χ1n) is 6.83. The Morgan fingerprint density at radius 2 is 1.95 bits per heavy atom. The summed E-state index contributed by atoms with van der Waals surface area (Å²) in [7, 11) is 0. The Labute approximate surface area is 127 Å². The van der Waals surface area contributed by atoms with Crippen LogP contribution >= 0.6 is 0 Å². The van der Waals surface area contributed by atoms with Gasteiger partial charge < -0.3 is 11.1 Å². The van der Waals surface area contributed by atoms with Crippen LogP contribution in [0, 0.1) is 0 Å². The summed E-state index contributed by atoms with van der Waals surface area (Å²) in [5.74, 6) is -0.0940. The van der Waals surface area contributed by atoms with E-state index in [4.69, 9.17) is 5.73 Å². The maximum Gasteiger partial charge on any atom is 0.252 e. The van der Waals surface area contributed by atoms with Crippen molar-refractivity contribution >= 4 is 11.6 Å². The van der Waals surface area contributed by atoms with Crippen LogP contribution in [-0.4, -0.2) is 20.7 Å². The zero-order chi connectivity index (χ0) is 15.4. The van der Waals surface area contributed by atoms with Crippen LogP contribution < -0.4 is 11.1 Å². The monoisotopic (exact) mass is 293 g/mol. The summed E-state index contributed by atoms with van der Waals surface area (Å²) in [6.45, 7) is 0.579. The van der Waals surface area contributed by atoms with Crippen LogP contribution in [0.1, 0.15) is 16.1 Å². The SMILES string of the molecule is NC(=O)c1cccnc1-n1ccc(CNc2ccccc2)n1. The van der Waals surface area contributed by atoms with E-state index in [9.17, 15) is 4.79 Å². The highest BCUT2D eigenvalue weighted by molar-refractivity contribution is 5.95. The minimum Gasteiger partial charge on any atom is -0.379 e. The molecule has 6 nitrogen and oxygen atoms in total. The Bertz CT molecular complexity index is 782. The Hall–Kier alpha value is -3.15. The van der Waals surface area contributed by atoms with Crippen molar-refractivity contribution in [1.82, 2.24) is 14.8 Å².